The molecule has 4 N–H and O–H groups in total. The van der Waals surface area contributed by atoms with E-state index in [2.05, 4.69) is 85.0 Å². The topological polar surface area (TPSA) is 171 Å². The molecule has 3 aromatic heterocycles. The zero-order chi connectivity index (χ0) is 42.6. The average molecular weight is 916 g/mol. The average Bonchev–Trinajstić information content (AvgIpc) is 3.65. The van der Waals surface area contributed by atoms with Gasteiger partial charge in [0.15, 0.2) is 5.75 Å². The van der Waals surface area contributed by atoms with Crippen LogP contribution in [-0.4, -0.2) is 142 Å². The number of alkyl halides is 3. The number of methoxy groups -OCH3 is 1. The minimum absolute atomic E-state index is 0.406. The molecule has 0 aliphatic carbocycles. The molecule has 320 valence electrons. The Bertz CT molecular complexity index is 2280. The molecule has 3 aliphatic heterocycles. The molecule has 2 aromatic carbocycles. The van der Waals surface area contributed by atoms with Crippen LogP contribution in [0.3, 0.4) is 0 Å². The standard InChI is InChI=1S/C37H46BrN12O2P.C2HF3O2/c1-47-23-24(19-43-47)27-17-31(33(51-2)18-32(27)50-15-13-49(14-16-50)25-7-11-48(12-8-25)26-20-39-21-26)45-37-42-22-28(38)36(46-37)44-30-6-5-29-34(41-10-9-40-29)35(30)52-53(3)4;3-2(4,5)1(6)7/h5-6,9-10,17-19,22-23,25-26,39H,7-8,11-16,20-21H2,1-4H3,(H2,42,44,45,46);(H,6,7). The lowest BCUT2D eigenvalue weighted by molar-refractivity contribution is -0.192. The van der Waals surface area contributed by atoms with Crippen LogP contribution in [0.15, 0.2) is 59.7 Å². The summed E-state index contributed by atoms with van der Waals surface area (Å²) in [5, 5.41) is 22.0. The number of hydrogen-bond acceptors (Lipinski definition) is 14. The van der Waals surface area contributed by atoms with E-state index in [1.165, 1.54) is 25.9 Å². The molecule has 3 aliphatic rings. The van der Waals surface area contributed by atoms with Gasteiger partial charge in [-0.2, -0.15) is 23.3 Å². The van der Waals surface area contributed by atoms with Gasteiger partial charge in [-0.05, 0) is 60.3 Å². The van der Waals surface area contributed by atoms with Crippen LogP contribution in [0.5, 0.6) is 11.5 Å². The molecule has 6 heterocycles. The van der Waals surface area contributed by atoms with Crippen LogP contribution in [-0.2, 0) is 11.8 Å². The Labute approximate surface area is 354 Å². The molecule has 21 heteroatoms. The molecule has 3 saturated heterocycles. The number of hydrogen-bond donors (Lipinski definition) is 4. The molecular formula is C39H47BrF3N12O4P. The van der Waals surface area contributed by atoms with Gasteiger partial charge in [-0.3, -0.25) is 19.5 Å². The van der Waals surface area contributed by atoms with E-state index in [4.69, 9.17) is 24.1 Å². The summed E-state index contributed by atoms with van der Waals surface area (Å²) in [4.78, 5) is 35.3. The first-order valence-electron chi connectivity index (χ1n) is 19.4. The summed E-state index contributed by atoms with van der Waals surface area (Å²) in [5.41, 5.74) is 6.17. The molecule has 5 aromatic rings. The summed E-state index contributed by atoms with van der Waals surface area (Å²) in [6.07, 6.45) is 6.48. The quantitative estimate of drug-likeness (QED) is 0.109. The van der Waals surface area contributed by atoms with E-state index in [1.807, 2.05) is 43.4 Å². The summed E-state index contributed by atoms with van der Waals surface area (Å²) < 4.78 is 46.6. The van der Waals surface area contributed by atoms with Gasteiger partial charge in [-0.25, -0.2) is 14.8 Å². The number of ether oxygens (including phenoxy) is 1. The predicted octanol–water partition coefficient (Wildman–Crippen LogP) is 6.31. The predicted molar refractivity (Wildman–Crippen MR) is 229 cm³/mol. The number of rotatable bonds is 11. The van der Waals surface area contributed by atoms with Gasteiger partial charge in [-0.1, -0.05) is 0 Å². The summed E-state index contributed by atoms with van der Waals surface area (Å²) >= 11 is 3.64. The van der Waals surface area contributed by atoms with E-state index in [0.717, 1.165) is 79.0 Å². The van der Waals surface area contributed by atoms with Gasteiger partial charge in [0.1, 0.15) is 17.1 Å². The van der Waals surface area contributed by atoms with Crippen LogP contribution in [0.4, 0.5) is 42.0 Å². The van der Waals surface area contributed by atoms with E-state index in [1.54, 1.807) is 25.7 Å². The van der Waals surface area contributed by atoms with Crippen LogP contribution in [0.2, 0.25) is 0 Å². The number of anilines is 5. The number of aliphatic carboxylic acids is 1. The number of halogens is 4. The Kier molecular flexibility index (Phi) is 13.5. The molecule has 0 unspecified atom stereocenters. The van der Waals surface area contributed by atoms with E-state index in [0.29, 0.717) is 39.3 Å². The number of carboxylic acid groups (broad SMARTS) is 1. The fourth-order valence-corrected chi connectivity index (χ4v) is 8.35. The van der Waals surface area contributed by atoms with Crippen molar-refractivity contribution < 1.29 is 32.3 Å². The van der Waals surface area contributed by atoms with Crippen LogP contribution in [0.1, 0.15) is 12.8 Å². The van der Waals surface area contributed by atoms with Crippen molar-refractivity contribution in [3.8, 4) is 22.6 Å². The number of piperidine rings is 1. The number of aryl methyl sites for hydroxylation is 1. The zero-order valence-corrected chi connectivity index (χ0v) is 36.1. The van der Waals surface area contributed by atoms with E-state index in [-0.39, 0.29) is 0 Å². The molecule has 0 amide bonds. The maximum atomic E-state index is 10.6. The minimum atomic E-state index is -5.08. The van der Waals surface area contributed by atoms with Gasteiger partial charge in [0, 0.05) is 119 Å². The van der Waals surface area contributed by atoms with Crippen molar-refractivity contribution in [3.63, 3.8) is 0 Å². The third-order valence-electron chi connectivity index (χ3n) is 10.6. The third-order valence-corrected chi connectivity index (χ3v) is 11.8. The number of aromatic nitrogens is 6. The Morgan fingerprint density at radius 1 is 0.950 bits per heavy atom. The highest BCUT2D eigenvalue weighted by molar-refractivity contribution is 9.10. The van der Waals surface area contributed by atoms with Gasteiger partial charge in [0.25, 0.3) is 0 Å². The third kappa shape index (κ3) is 10.2. The first-order chi connectivity index (χ1) is 28.8. The summed E-state index contributed by atoms with van der Waals surface area (Å²) in [6.45, 7) is 12.8. The second-order valence-corrected chi connectivity index (χ2v) is 17.4. The summed E-state index contributed by atoms with van der Waals surface area (Å²) in [7, 11) is 2.92. The fraction of sp³-hybridized carbons (Fsp3) is 0.436. The first kappa shape index (κ1) is 43.2. The molecular weight excluding hydrogens is 868 g/mol. The Morgan fingerprint density at radius 3 is 2.27 bits per heavy atom. The van der Waals surface area contributed by atoms with Crippen LogP contribution < -0.4 is 30.1 Å². The molecule has 16 nitrogen and oxygen atoms in total. The lowest BCUT2D eigenvalue weighted by Gasteiger charge is -2.46. The Hall–Kier alpha value is -4.88. The highest BCUT2D eigenvalue weighted by Gasteiger charge is 2.38. The maximum Gasteiger partial charge on any atom is 0.490 e. The van der Waals surface area contributed by atoms with Crippen molar-refractivity contribution in [3.05, 3.63) is 59.7 Å². The molecule has 0 radical (unpaired) electrons. The van der Waals surface area contributed by atoms with Crippen molar-refractivity contribution in [2.24, 2.45) is 7.05 Å². The number of nitrogens with one attached hydrogen (secondary N) is 3. The molecule has 0 atom stereocenters. The number of likely N-dealkylation sites (tertiary alicyclic amines) is 1. The molecule has 0 saturated carbocycles. The van der Waals surface area contributed by atoms with E-state index in [9.17, 15) is 13.2 Å². The number of benzene rings is 2. The van der Waals surface area contributed by atoms with Gasteiger partial charge >= 0.3 is 12.1 Å². The van der Waals surface area contributed by atoms with Gasteiger partial charge < -0.3 is 35.2 Å². The fourth-order valence-electron chi connectivity index (χ4n) is 7.51. The van der Waals surface area contributed by atoms with Crippen molar-refractivity contribution in [1.82, 2.24) is 44.8 Å². The number of carboxylic acids is 1. The highest BCUT2D eigenvalue weighted by atomic mass is 79.9. The smallest absolute Gasteiger partial charge is 0.490 e. The lowest BCUT2D eigenvalue weighted by atomic mass is 9.98. The maximum absolute atomic E-state index is 10.6. The second kappa shape index (κ2) is 18.8. The molecule has 60 heavy (non-hydrogen) atoms. The monoisotopic (exact) mass is 914 g/mol. The SMILES string of the molecule is COc1cc(N2CCN(C3CCN(C4CNC4)CC3)CC2)c(-c2cnn(C)c2)cc1Nc1ncc(Br)c(Nc2ccc3nccnc3c2OP(C)C)n1.O=C(O)C(F)(F)F. The van der Waals surface area contributed by atoms with Crippen molar-refractivity contribution in [2.75, 3.05) is 88.3 Å². The summed E-state index contributed by atoms with van der Waals surface area (Å²) in [5.74, 6) is -0.440. The number of fused-ring (bicyclic) bond motifs is 1. The Morgan fingerprint density at radius 2 is 1.65 bits per heavy atom. The summed E-state index contributed by atoms with van der Waals surface area (Å²) in [6, 6.07) is 9.52. The zero-order valence-electron chi connectivity index (χ0n) is 33.6. The van der Waals surface area contributed by atoms with Crippen molar-refractivity contribution in [2.45, 2.75) is 31.1 Å². The molecule has 0 spiro atoms. The highest BCUT2D eigenvalue weighted by Crippen LogP contribution is 2.43. The van der Waals surface area contributed by atoms with Gasteiger partial charge in [0.05, 0.1) is 42.8 Å². The molecule has 8 rings (SSSR count). The van der Waals surface area contributed by atoms with E-state index >= 15 is 0 Å². The molecule has 0 bridgehead atoms. The molecule has 3 fully saturated rings. The number of carbonyl (C=O) groups is 1. The second-order valence-electron chi connectivity index (χ2n) is 14.8. The lowest BCUT2D eigenvalue weighted by Crippen LogP contribution is -2.60. The van der Waals surface area contributed by atoms with Crippen LogP contribution in [0, 0.1) is 0 Å². The van der Waals surface area contributed by atoms with E-state index < -0.39 is 20.3 Å². The first-order valence-corrected chi connectivity index (χ1v) is 22.3. The Balaban J connectivity index is 0.000000716. The minimum Gasteiger partial charge on any atom is -0.494 e. The van der Waals surface area contributed by atoms with Crippen LogP contribution >= 0.6 is 24.1 Å². The van der Waals surface area contributed by atoms with Gasteiger partial charge in [0.2, 0.25) is 5.95 Å². The number of piperazine rings is 1. The normalized spacial score (nSPS) is 16.9. The van der Waals surface area contributed by atoms with Crippen molar-refractivity contribution in [1.29, 1.82) is 0 Å². The largest absolute Gasteiger partial charge is 0.494 e. The number of nitrogens with zero attached hydrogens (tertiary/aromatic N) is 9. The van der Waals surface area contributed by atoms with Crippen molar-refractivity contribution >= 4 is 69.9 Å². The van der Waals surface area contributed by atoms with Crippen LogP contribution in [0.25, 0.3) is 22.2 Å². The van der Waals surface area contributed by atoms with Gasteiger partial charge in [-0.15, -0.1) is 0 Å².